The molecule has 1 unspecified atom stereocenters. The smallest absolute Gasteiger partial charge is 0.270 e. The fraction of sp³-hybridized carbons (Fsp3) is 0.143. The molecule has 1 aliphatic heterocycles. The number of nitrogens with one attached hydrogen (secondary N) is 3. The number of aromatic amines is 1. The van der Waals surface area contributed by atoms with Crippen LogP contribution in [0.25, 0.3) is 11.3 Å². The van der Waals surface area contributed by atoms with Gasteiger partial charge in [-0.3, -0.25) is 15.1 Å². The van der Waals surface area contributed by atoms with Crippen LogP contribution in [-0.2, 0) is 4.74 Å². The number of ether oxygens (including phenoxy) is 1. The predicted octanol–water partition coefficient (Wildman–Crippen LogP) is 2.37. The van der Waals surface area contributed by atoms with Crippen LogP contribution in [0.15, 0.2) is 64.5 Å². The van der Waals surface area contributed by atoms with Crippen LogP contribution in [0.5, 0.6) is 0 Å². The van der Waals surface area contributed by atoms with Gasteiger partial charge in [0.25, 0.3) is 5.56 Å². The minimum absolute atomic E-state index is 0.0371. The summed E-state index contributed by atoms with van der Waals surface area (Å²) in [6, 6.07) is 18.9. The Balaban J connectivity index is 1.52. The van der Waals surface area contributed by atoms with Crippen LogP contribution in [0.2, 0.25) is 0 Å². The molecule has 4 rings (SSSR count). The van der Waals surface area contributed by atoms with Crippen LogP contribution in [-0.4, -0.2) is 29.5 Å². The Morgan fingerprint density at radius 3 is 2.69 bits per heavy atom. The molecular weight excluding hydrogens is 368 g/mol. The second-order valence-electron chi connectivity index (χ2n) is 6.41. The first-order valence-electron chi connectivity index (χ1n) is 9.06. The van der Waals surface area contributed by atoms with Gasteiger partial charge in [0.2, 0.25) is 5.95 Å². The molecule has 0 saturated carbocycles. The highest BCUT2D eigenvalue weighted by Crippen LogP contribution is 2.20. The van der Waals surface area contributed by atoms with Crippen LogP contribution >= 0.6 is 0 Å². The number of nitriles is 1. The SMILES string of the molecule is N#Cc1c(-c2ccccc2)nc(NN=Cc2ccc(C3CNCO3)cc2)[nH]c1=O. The van der Waals surface area contributed by atoms with E-state index in [-0.39, 0.29) is 17.6 Å². The van der Waals surface area contributed by atoms with Crippen molar-refractivity contribution in [2.24, 2.45) is 5.10 Å². The van der Waals surface area contributed by atoms with Gasteiger partial charge >= 0.3 is 0 Å². The van der Waals surface area contributed by atoms with Crippen molar-refractivity contribution in [2.45, 2.75) is 6.10 Å². The van der Waals surface area contributed by atoms with Gasteiger partial charge in [-0.2, -0.15) is 10.4 Å². The molecule has 0 aliphatic carbocycles. The monoisotopic (exact) mass is 386 g/mol. The normalized spacial score (nSPS) is 16.0. The molecule has 0 spiro atoms. The van der Waals surface area contributed by atoms with E-state index in [2.05, 4.69) is 25.8 Å². The average molecular weight is 386 g/mol. The standard InChI is InChI=1S/C21H18N6O2/c22-10-17-19(16-4-2-1-3-5-16)25-21(26-20(17)28)27-24-11-14-6-8-15(9-7-14)18-12-23-13-29-18/h1-9,11,18,23H,12-13H2,(H2,25,26,27,28). The van der Waals surface area contributed by atoms with Crippen LogP contribution in [0.3, 0.4) is 0 Å². The molecule has 144 valence electrons. The molecule has 0 bridgehead atoms. The molecule has 3 aromatic rings. The summed E-state index contributed by atoms with van der Waals surface area (Å²) < 4.78 is 5.57. The number of benzene rings is 2. The summed E-state index contributed by atoms with van der Waals surface area (Å²) >= 11 is 0. The second kappa shape index (κ2) is 8.48. The Morgan fingerprint density at radius 2 is 2.00 bits per heavy atom. The first-order chi connectivity index (χ1) is 14.2. The molecule has 2 aromatic carbocycles. The third kappa shape index (κ3) is 4.21. The number of anilines is 1. The van der Waals surface area contributed by atoms with E-state index in [4.69, 9.17) is 4.74 Å². The van der Waals surface area contributed by atoms with E-state index in [9.17, 15) is 10.1 Å². The summed E-state index contributed by atoms with van der Waals surface area (Å²) in [5.41, 5.74) is 5.14. The lowest BCUT2D eigenvalue weighted by Crippen LogP contribution is -2.16. The second-order valence-corrected chi connectivity index (χ2v) is 6.41. The molecular formula is C21H18N6O2. The first kappa shape index (κ1) is 18.6. The Bertz CT molecular complexity index is 1110. The van der Waals surface area contributed by atoms with Gasteiger partial charge in [-0.1, -0.05) is 54.6 Å². The van der Waals surface area contributed by atoms with Crippen molar-refractivity contribution in [3.8, 4) is 17.3 Å². The van der Waals surface area contributed by atoms with Gasteiger partial charge in [0.05, 0.1) is 24.7 Å². The quantitative estimate of drug-likeness (QED) is 0.458. The van der Waals surface area contributed by atoms with Crippen molar-refractivity contribution >= 4 is 12.2 Å². The van der Waals surface area contributed by atoms with Crippen molar-refractivity contribution in [3.05, 3.63) is 81.6 Å². The Labute approximate surface area is 166 Å². The van der Waals surface area contributed by atoms with Crippen LogP contribution in [0.1, 0.15) is 22.8 Å². The minimum atomic E-state index is -0.520. The van der Waals surface area contributed by atoms with Gasteiger partial charge in [0.15, 0.2) is 0 Å². The Morgan fingerprint density at radius 1 is 1.21 bits per heavy atom. The summed E-state index contributed by atoms with van der Waals surface area (Å²) in [6.45, 7) is 1.37. The maximum absolute atomic E-state index is 12.2. The fourth-order valence-electron chi connectivity index (χ4n) is 3.02. The lowest BCUT2D eigenvalue weighted by atomic mass is 10.1. The Kier molecular flexibility index (Phi) is 5.42. The molecule has 3 N–H and O–H groups in total. The number of hydrazone groups is 1. The van der Waals surface area contributed by atoms with E-state index in [1.807, 2.05) is 48.5 Å². The van der Waals surface area contributed by atoms with E-state index in [1.54, 1.807) is 18.3 Å². The van der Waals surface area contributed by atoms with E-state index in [0.29, 0.717) is 18.0 Å². The third-order valence-electron chi connectivity index (χ3n) is 4.49. The van der Waals surface area contributed by atoms with Crippen LogP contribution in [0, 0.1) is 11.3 Å². The number of nitrogens with zero attached hydrogens (tertiary/aromatic N) is 3. The van der Waals surface area contributed by atoms with Gasteiger partial charge < -0.3 is 4.74 Å². The van der Waals surface area contributed by atoms with Crippen LogP contribution < -0.4 is 16.3 Å². The van der Waals surface area contributed by atoms with Gasteiger partial charge in [-0.05, 0) is 11.1 Å². The molecule has 1 aromatic heterocycles. The van der Waals surface area contributed by atoms with Gasteiger partial charge in [0, 0.05) is 12.1 Å². The van der Waals surface area contributed by atoms with E-state index in [1.165, 1.54) is 0 Å². The van der Waals surface area contributed by atoms with Crippen molar-refractivity contribution in [2.75, 3.05) is 18.7 Å². The van der Waals surface area contributed by atoms with E-state index < -0.39 is 5.56 Å². The molecule has 0 amide bonds. The number of H-pyrrole nitrogens is 1. The number of hydrogen-bond acceptors (Lipinski definition) is 7. The minimum Gasteiger partial charge on any atom is -0.357 e. The molecule has 1 aliphatic rings. The predicted molar refractivity (Wildman–Crippen MR) is 109 cm³/mol. The molecule has 1 fully saturated rings. The molecule has 8 nitrogen and oxygen atoms in total. The van der Waals surface area contributed by atoms with E-state index >= 15 is 0 Å². The van der Waals surface area contributed by atoms with Gasteiger partial charge in [-0.25, -0.2) is 10.4 Å². The highest BCUT2D eigenvalue weighted by Gasteiger charge is 2.16. The van der Waals surface area contributed by atoms with E-state index in [0.717, 1.165) is 17.7 Å². The van der Waals surface area contributed by atoms with Gasteiger partial charge in [0.1, 0.15) is 11.6 Å². The average Bonchev–Trinajstić information content (AvgIpc) is 3.29. The summed E-state index contributed by atoms with van der Waals surface area (Å²) in [5.74, 6) is 0.158. The molecule has 1 atom stereocenters. The zero-order valence-corrected chi connectivity index (χ0v) is 15.4. The zero-order chi connectivity index (χ0) is 20.1. The molecule has 2 heterocycles. The van der Waals surface area contributed by atoms with Crippen molar-refractivity contribution in [3.63, 3.8) is 0 Å². The zero-order valence-electron chi connectivity index (χ0n) is 15.4. The molecule has 29 heavy (non-hydrogen) atoms. The number of aromatic nitrogens is 2. The summed E-state index contributed by atoms with van der Waals surface area (Å²) in [6.07, 6.45) is 1.70. The number of rotatable bonds is 5. The lowest BCUT2D eigenvalue weighted by Gasteiger charge is -2.08. The first-order valence-corrected chi connectivity index (χ1v) is 9.06. The summed E-state index contributed by atoms with van der Waals surface area (Å²) in [4.78, 5) is 19.1. The maximum atomic E-state index is 12.2. The van der Waals surface area contributed by atoms with Crippen molar-refractivity contribution in [1.82, 2.24) is 15.3 Å². The Hall–Kier alpha value is -3.80. The van der Waals surface area contributed by atoms with Crippen molar-refractivity contribution in [1.29, 1.82) is 5.26 Å². The third-order valence-corrected chi connectivity index (χ3v) is 4.49. The summed E-state index contributed by atoms with van der Waals surface area (Å²) in [7, 11) is 0. The molecule has 8 heteroatoms. The van der Waals surface area contributed by atoms with Crippen molar-refractivity contribution < 1.29 is 4.74 Å². The lowest BCUT2D eigenvalue weighted by molar-refractivity contribution is 0.114. The topological polar surface area (TPSA) is 115 Å². The highest BCUT2D eigenvalue weighted by molar-refractivity contribution is 5.80. The largest absolute Gasteiger partial charge is 0.357 e. The fourth-order valence-corrected chi connectivity index (χ4v) is 3.02. The molecule has 1 saturated heterocycles. The maximum Gasteiger partial charge on any atom is 0.270 e. The number of hydrogen-bond donors (Lipinski definition) is 3. The summed E-state index contributed by atoms with van der Waals surface area (Å²) in [5, 5.41) is 16.6. The molecule has 0 radical (unpaired) electrons. The van der Waals surface area contributed by atoms with Crippen LogP contribution in [0.4, 0.5) is 5.95 Å². The van der Waals surface area contributed by atoms with Gasteiger partial charge in [-0.15, -0.1) is 0 Å². The highest BCUT2D eigenvalue weighted by atomic mass is 16.5.